The molecule has 2 heterocycles. The Kier molecular flexibility index (Phi) is 4.75. The number of ether oxygens (including phenoxy) is 1. The summed E-state index contributed by atoms with van der Waals surface area (Å²) < 4.78 is 7.70. The van der Waals surface area contributed by atoms with Crippen molar-refractivity contribution in [2.45, 2.75) is 19.1 Å². The molecule has 1 aliphatic heterocycles. The van der Waals surface area contributed by atoms with Crippen LogP contribution in [0.3, 0.4) is 0 Å². The van der Waals surface area contributed by atoms with E-state index in [1.54, 1.807) is 0 Å². The largest absolute Gasteiger partial charge is 0.390 e. The van der Waals surface area contributed by atoms with Crippen LogP contribution < -0.4 is 0 Å². The van der Waals surface area contributed by atoms with Crippen molar-refractivity contribution in [1.29, 1.82) is 0 Å². The Hall–Kier alpha value is -1.88. The van der Waals surface area contributed by atoms with Crippen molar-refractivity contribution in [2.75, 3.05) is 33.4 Å². The quantitative estimate of drug-likeness (QED) is 0.750. The maximum Gasteiger partial charge on any atom is 0.0845 e. The second kappa shape index (κ2) is 7.16. The van der Waals surface area contributed by atoms with Crippen LogP contribution in [0.1, 0.15) is 6.42 Å². The van der Waals surface area contributed by atoms with E-state index in [9.17, 15) is 5.11 Å². The molecule has 0 radical (unpaired) electrons. The van der Waals surface area contributed by atoms with Crippen molar-refractivity contribution >= 4 is 21.8 Å². The van der Waals surface area contributed by atoms with Crippen LogP contribution in [-0.4, -0.2) is 54.0 Å². The summed E-state index contributed by atoms with van der Waals surface area (Å²) in [7, 11) is 2.09. The van der Waals surface area contributed by atoms with Gasteiger partial charge in [0.05, 0.1) is 19.3 Å². The molecule has 1 N–H and O–H groups in total. The third kappa shape index (κ3) is 3.43. The van der Waals surface area contributed by atoms with Crippen LogP contribution in [-0.2, 0) is 11.3 Å². The Morgan fingerprint density at radius 1 is 1.12 bits per heavy atom. The van der Waals surface area contributed by atoms with Crippen molar-refractivity contribution in [1.82, 2.24) is 9.47 Å². The van der Waals surface area contributed by atoms with Gasteiger partial charge in [0, 0.05) is 41.5 Å². The van der Waals surface area contributed by atoms with Crippen LogP contribution in [0, 0.1) is 5.92 Å². The summed E-state index contributed by atoms with van der Waals surface area (Å²) in [6.07, 6.45) is 0.736. The fourth-order valence-electron chi connectivity index (χ4n) is 4.07. The zero-order valence-corrected chi connectivity index (χ0v) is 14.8. The Balaban J connectivity index is 1.53. The zero-order chi connectivity index (χ0) is 17.2. The molecule has 0 bridgehead atoms. The highest BCUT2D eigenvalue weighted by Gasteiger charge is 2.19. The van der Waals surface area contributed by atoms with E-state index in [4.69, 9.17) is 4.74 Å². The van der Waals surface area contributed by atoms with E-state index in [2.05, 4.69) is 65.0 Å². The van der Waals surface area contributed by atoms with Crippen molar-refractivity contribution in [3.05, 3.63) is 48.5 Å². The molecule has 4 nitrogen and oxygen atoms in total. The van der Waals surface area contributed by atoms with Crippen LogP contribution in [0.25, 0.3) is 21.8 Å². The normalized spacial score (nSPS) is 19.2. The molecule has 1 aromatic heterocycles. The molecule has 0 spiro atoms. The van der Waals surface area contributed by atoms with Gasteiger partial charge in [0.1, 0.15) is 0 Å². The predicted octanol–water partition coefficient (Wildman–Crippen LogP) is 3.12. The molecule has 1 aliphatic rings. The number of aliphatic hydroxyl groups is 1. The van der Waals surface area contributed by atoms with E-state index in [0.29, 0.717) is 19.0 Å². The van der Waals surface area contributed by atoms with E-state index >= 15 is 0 Å². The molecule has 0 amide bonds. The second-order valence-corrected chi connectivity index (χ2v) is 7.25. The molecular formula is C21H26N2O2. The summed E-state index contributed by atoms with van der Waals surface area (Å²) in [5.41, 5.74) is 2.38. The number of hydrogen-bond acceptors (Lipinski definition) is 3. The number of para-hydroxylation sites is 2. The number of benzene rings is 2. The lowest BCUT2D eigenvalue weighted by Crippen LogP contribution is -2.35. The maximum atomic E-state index is 10.7. The van der Waals surface area contributed by atoms with Gasteiger partial charge in [0.15, 0.2) is 0 Å². The first kappa shape index (κ1) is 16.6. The number of fused-ring (bicyclic) bond motifs is 3. The Morgan fingerprint density at radius 2 is 1.76 bits per heavy atom. The molecule has 25 heavy (non-hydrogen) atoms. The van der Waals surface area contributed by atoms with E-state index in [-0.39, 0.29) is 0 Å². The first-order valence-corrected chi connectivity index (χ1v) is 9.12. The molecule has 3 aromatic rings. The Bertz CT molecular complexity index is 798. The van der Waals surface area contributed by atoms with Gasteiger partial charge in [-0.1, -0.05) is 36.4 Å². The Morgan fingerprint density at radius 3 is 2.36 bits per heavy atom. The van der Waals surface area contributed by atoms with Gasteiger partial charge in [-0.15, -0.1) is 0 Å². The van der Waals surface area contributed by atoms with E-state index in [1.807, 2.05) is 0 Å². The van der Waals surface area contributed by atoms with Gasteiger partial charge in [-0.05, 0) is 31.5 Å². The average molecular weight is 338 g/mol. The van der Waals surface area contributed by atoms with E-state index in [0.717, 1.165) is 26.2 Å². The summed E-state index contributed by atoms with van der Waals surface area (Å²) in [6, 6.07) is 16.9. The highest BCUT2D eigenvalue weighted by atomic mass is 16.5. The topological polar surface area (TPSA) is 37.6 Å². The van der Waals surface area contributed by atoms with Gasteiger partial charge in [0.2, 0.25) is 0 Å². The van der Waals surface area contributed by atoms with Gasteiger partial charge in [0.25, 0.3) is 0 Å². The molecule has 2 atom stereocenters. The fourth-order valence-corrected chi connectivity index (χ4v) is 4.07. The number of rotatable bonds is 6. The van der Waals surface area contributed by atoms with E-state index in [1.165, 1.54) is 21.8 Å². The van der Waals surface area contributed by atoms with Crippen LogP contribution >= 0.6 is 0 Å². The highest BCUT2D eigenvalue weighted by Crippen LogP contribution is 2.28. The summed E-state index contributed by atoms with van der Waals surface area (Å²) in [6.45, 7) is 4.01. The summed E-state index contributed by atoms with van der Waals surface area (Å²) in [5, 5.41) is 13.2. The molecule has 2 unspecified atom stereocenters. The van der Waals surface area contributed by atoms with Crippen molar-refractivity contribution < 1.29 is 9.84 Å². The van der Waals surface area contributed by atoms with Crippen LogP contribution in [0.15, 0.2) is 48.5 Å². The maximum absolute atomic E-state index is 10.7. The Labute approximate surface area is 148 Å². The first-order chi connectivity index (χ1) is 12.2. The lowest BCUT2D eigenvalue weighted by molar-refractivity contribution is 0.101. The van der Waals surface area contributed by atoms with Crippen LogP contribution in [0.5, 0.6) is 0 Å². The van der Waals surface area contributed by atoms with Crippen molar-refractivity contribution in [3.63, 3.8) is 0 Å². The monoisotopic (exact) mass is 338 g/mol. The first-order valence-electron chi connectivity index (χ1n) is 9.12. The number of aliphatic hydroxyl groups excluding tert-OH is 1. The second-order valence-electron chi connectivity index (χ2n) is 7.25. The van der Waals surface area contributed by atoms with Crippen molar-refractivity contribution in [3.8, 4) is 0 Å². The standard InChI is InChI=1S/C21H26N2O2/c1-22(12-16-10-11-25-15-16)13-17(24)14-23-20-8-4-2-6-18(20)19-7-3-5-9-21(19)23/h2-9,16-17,24H,10-15H2,1H3. The predicted molar refractivity (Wildman–Crippen MR) is 102 cm³/mol. The van der Waals surface area contributed by atoms with E-state index < -0.39 is 6.10 Å². The summed E-state index contributed by atoms with van der Waals surface area (Å²) in [4.78, 5) is 2.23. The van der Waals surface area contributed by atoms with Crippen LogP contribution in [0.2, 0.25) is 0 Å². The molecule has 1 saturated heterocycles. The number of aromatic nitrogens is 1. The van der Waals surface area contributed by atoms with Gasteiger partial charge < -0.3 is 19.3 Å². The molecular weight excluding hydrogens is 312 g/mol. The lowest BCUT2D eigenvalue weighted by atomic mass is 10.1. The van der Waals surface area contributed by atoms with Gasteiger partial charge in [-0.3, -0.25) is 0 Å². The summed E-state index contributed by atoms with van der Waals surface area (Å²) >= 11 is 0. The third-order valence-electron chi connectivity index (χ3n) is 5.19. The molecule has 4 heteroatoms. The molecule has 0 aliphatic carbocycles. The minimum absolute atomic E-state index is 0.397. The van der Waals surface area contributed by atoms with Crippen molar-refractivity contribution in [2.24, 2.45) is 5.92 Å². The van der Waals surface area contributed by atoms with Gasteiger partial charge >= 0.3 is 0 Å². The minimum Gasteiger partial charge on any atom is -0.390 e. The molecule has 1 fully saturated rings. The minimum atomic E-state index is -0.397. The lowest BCUT2D eigenvalue weighted by Gasteiger charge is -2.23. The average Bonchev–Trinajstić information content (AvgIpc) is 3.22. The van der Waals surface area contributed by atoms with Gasteiger partial charge in [-0.25, -0.2) is 0 Å². The summed E-state index contributed by atoms with van der Waals surface area (Å²) in [5.74, 6) is 0.602. The zero-order valence-electron chi connectivity index (χ0n) is 14.8. The number of nitrogens with zero attached hydrogens (tertiary/aromatic N) is 2. The van der Waals surface area contributed by atoms with Gasteiger partial charge in [-0.2, -0.15) is 0 Å². The fraction of sp³-hybridized carbons (Fsp3) is 0.429. The number of hydrogen-bond donors (Lipinski definition) is 1. The molecule has 132 valence electrons. The number of likely N-dealkylation sites (N-methyl/N-ethyl adjacent to an activating group) is 1. The smallest absolute Gasteiger partial charge is 0.0845 e. The third-order valence-corrected chi connectivity index (χ3v) is 5.19. The molecule has 2 aromatic carbocycles. The molecule has 4 rings (SSSR count). The highest BCUT2D eigenvalue weighted by molar-refractivity contribution is 6.07. The molecule has 0 saturated carbocycles. The SMILES string of the molecule is CN(CC(O)Cn1c2ccccc2c2ccccc21)CC1CCOC1. The van der Waals surface area contributed by atoms with Crippen LogP contribution in [0.4, 0.5) is 0 Å².